The molecule has 1 aromatic heterocycles. The van der Waals surface area contributed by atoms with Crippen molar-refractivity contribution < 1.29 is 4.79 Å². The van der Waals surface area contributed by atoms with Gasteiger partial charge in [0.2, 0.25) is 5.91 Å². The van der Waals surface area contributed by atoms with Gasteiger partial charge in [0.25, 0.3) is 0 Å². The summed E-state index contributed by atoms with van der Waals surface area (Å²) in [4.78, 5) is 13.1. The van der Waals surface area contributed by atoms with Gasteiger partial charge in [-0.15, -0.1) is 11.3 Å². The zero-order valence-electron chi connectivity index (χ0n) is 11.4. The van der Waals surface area contributed by atoms with Gasteiger partial charge in [0.05, 0.1) is 6.54 Å². The Morgan fingerprint density at radius 3 is 2.85 bits per heavy atom. The normalized spacial score (nSPS) is 12.2. The Morgan fingerprint density at radius 1 is 1.40 bits per heavy atom. The summed E-state index contributed by atoms with van der Waals surface area (Å²) >= 11 is 5.13. The van der Waals surface area contributed by atoms with Gasteiger partial charge in [-0.25, -0.2) is 0 Å². The molecule has 0 fully saturated rings. The van der Waals surface area contributed by atoms with Gasteiger partial charge in [-0.2, -0.15) is 0 Å². The van der Waals surface area contributed by atoms with E-state index in [4.69, 9.17) is 0 Å². The predicted molar refractivity (Wildman–Crippen MR) is 88.2 cm³/mol. The van der Waals surface area contributed by atoms with Crippen LogP contribution < -0.4 is 10.6 Å². The van der Waals surface area contributed by atoms with Crippen molar-refractivity contribution in [2.45, 2.75) is 19.9 Å². The third-order valence-electron chi connectivity index (χ3n) is 2.98. The highest BCUT2D eigenvalue weighted by atomic mass is 79.9. The first-order chi connectivity index (χ1) is 9.56. The van der Waals surface area contributed by atoms with E-state index in [-0.39, 0.29) is 11.9 Å². The molecular weight excluding hydrogens is 336 g/mol. The largest absolute Gasteiger partial charge is 0.325 e. The molecule has 20 heavy (non-hydrogen) atoms. The van der Waals surface area contributed by atoms with E-state index in [9.17, 15) is 4.79 Å². The second kappa shape index (κ2) is 7.02. The minimum Gasteiger partial charge on any atom is -0.325 e. The average Bonchev–Trinajstić information content (AvgIpc) is 2.94. The number of rotatable bonds is 5. The number of nitrogens with one attached hydrogen (secondary N) is 2. The van der Waals surface area contributed by atoms with Gasteiger partial charge in [0.1, 0.15) is 0 Å². The minimum atomic E-state index is -0.0323. The Kier molecular flexibility index (Phi) is 5.34. The summed E-state index contributed by atoms with van der Waals surface area (Å²) in [6, 6.07) is 10.0. The van der Waals surface area contributed by atoms with Crippen LogP contribution in [-0.2, 0) is 4.79 Å². The molecule has 1 unspecified atom stereocenters. The molecule has 0 spiro atoms. The maximum Gasteiger partial charge on any atom is 0.238 e. The molecule has 1 atom stereocenters. The fourth-order valence-electron chi connectivity index (χ4n) is 1.81. The summed E-state index contributed by atoms with van der Waals surface area (Å²) in [6.45, 7) is 4.36. The Bertz CT molecular complexity index is 584. The molecule has 0 saturated heterocycles. The predicted octanol–water partition coefficient (Wildman–Crippen LogP) is 4.11. The summed E-state index contributed by atoms with van der Waals surface area (Å²) in [5.74, 6) is -0.0323. The lowest BCUT2D eigenvalue weighted by molar-refractivity contribution is -0.115. The zero-order valence-corrected chi connectivity index (χ0v) is 13.8. The molecule has 0 aliphatic heterocycles. The highest BCUT2D eigenvalue weighted by molar-refractivity contribution is 9.10. The van der Waals surface area contributed by atoms with Crippen LogP contribution in [0.4, 0.5) is 5.69 Å². The molecule has 106 valence electrons. The van der Waals surface area contributed by atoms with Gasteiger partial charge < -0.3 is 10.6 Å². The van der Waals surface area contributed by atoms with Crippen LogP contribution >= 0.6 is 27.3 Å². The van der Waals surface area contributed by atoms with Crippen LogP contribution in [0, 0.1) is 6.92 Å². The molecule has 1 aromatic carbocycles. The molecule has 1 heterocycles. The molecular formula is C15H17BrN2OS. The van der Waals surface area contributed by atoms with Crippen LogP contribution in [0.15, 0.2) is 40.2 Å². The molecule has 0 radical (unpaired) electrons. The fourth-order valence-corrected chi connectivity index (χ4v) is 2.82. The number of anilines is 1. The molecule has 0 aliphatic carbocycles. The maximum absolute atomic E-state index is 11.9. The number of hydrogen-bond donors (Lipinski definition) is 2. The Morgan fingerprint density at radius 2 is 2.20 bits per heavy atom. The van der Waals surface area contributed by atoms with Crippen molar-refractivity contribution in [2.24, 2.45) is 0 Å². The van der Waals surface area contributed by atoms with Gasteiger partial charge in [0.15, 0.2) is 0 Å². The van der Waals surface area contributed by atoms with Crippen LogP contribution in [0.3, 0.4) is 0 Å². The van der Waals surface area contributed by atoms with Crippen LogP contribution in [0.2, 0.25) is 0 Å². The van der Waals surface area contributed by atoms with Crippen molar-refractivity contribution in [1.82, 2.24) is 5.32 Å². The van der Waals surface area contributed by atoms with Crippen LogP contribution in [0.1, 0.15) is 23.4 Å². The number of carbonyl (C=O) groups is 1. The standard InChI is InChI=1S/C15H17BrN2OS/c1-10-8-12(5-6-13(10)16)18-15(19)9-17-11(2)14-4-3-7-20-14/h3-8,11,17H,9H2,1-2H3,(H,18,19). The van der Waals surface area contributed by atoms with Crippen molar-refractivity contribution in [1.29, 1.82) is 0 Å². The SMILES string of the molecule is Cc1cc(NC(=O)CNC(C)c2cccs2)ccc1Br. The molecule has 2 rings (SSSR count). The third-order valence-corrected chi connectivity index (χ3v) is 4.93. The lowest BCUT2D eigenvalue weighted by Crippen LogP contribution is -2.29. The lowest BCUT2D eigenvalue weighted by Gasteiger charge is -2.12. The van der Waals surface area contributed by atoms with Crippen LogP contribution in [-0.4, -0.2) is 12.5 Å². The topological polar surface area (TPSA) is 41.1 Å². The van der Waals surface area contributed by atoms with Gasteiger partial charge >= 0.3 is 0 Å². The summed E-state index contributed by atoms with van der Waals surface area (Å²) in [5.41, 5.74) is 1.92. The van der Waals surface area contributed by atoms with E-state index in [0.717, 1.165) is 15.7 Å². The van der Waals surface area contributed by atoms with Crippen molar-refractivity contribution in [2.75, 3.05) is 11.9 Å². The molecule has 2 N–H and O–H groups in total. The van der Waals surface area contributed by atoms with Gasteiger partial charge in [-0.1, -0.05) is 22.0 Å². The summed E-state index contributed by atoms with van der Waals surface area (Å²) < 4.78 is 1.04. The van der Waals surface area contributed by atoms with Crippen molar-refractivity contribution in [3.8, 4) is 0 Å². The highest BCUT2D eigenvalue weighted by Crippen LogP contribution is 2.20. The number of hydrogen-bond acceptors (Lipinski definition) is 3. The van der Waals surface area contributed by atoms with E-state index in [1.165, 1.54) is 4.88 Å². The first kappa shape index (κ1) is 15.2. The summed E-state index contributed by atoms with van der Waals surface area (Å²) in [7, 11) is 0. The van der Waals surface area contributed by atoms with Crippen molar-refractivity contribution >= 4 is 38.9 Å². The highest BCUT2D eigenvalue weighted by Gasteiger charge is 2.09. The van der Waals surface area contributed by atoms with E-state index >= 15 is 0 Å². The number of amides is 1. The molecule has 3 nitrogen and oxygen atoms in total. The molecule has 0 aliphatic rings. The Labute approximate surface area is 131 Å². The molecule has 2 aromatic rings. The number of halogens is 1. The number of aryl methyl sites for hydroxylation is 1. The van der Waals surface area contributed by atoms with E-state index in [1.807, 2.05) is 36.6 Å². The number of thiophene rings is 1. The third kappa shape index (κ3) is 4.16. The van der Waals surface area contributed by atoms with Crippen molar-refractivity contribution in [3.63, 3.8) is 0 Å². The van der Waals surface area contributed by atoms with E-state index in [0.29, 0.717) is 6.54 Å². The molecule has 0 bridgehead atoms. The molecule has 5 heteroatoms. The smallest absolute Gasteiger partial charge is 0.238 e. The summed E-state index contributed by atoms with van der Waals surface area (Å²) in [6.07, 6.45) is 0. The Balaban J connectivity index is 1.85. The van der Waals surface area contributed by atoms with Crippen LogP contribution in [0.25, 0.3) is 0 Å². The second-order valence-corrected chi connectivity index (χ2v) is 6.46. The van der Waals surface area contributed by atoms with Gasteiger partial charge in [-0.05, 0) is 49.1 Å². The first-order valence-electron chi connectivity index (χ1n) is 6.39. The molecule has 0 saturated carbocycles. The maximum atomic E-state index is 11.9. The minimum absolute atomic E-state index is 0.0323. The van der Waals surface area contributed by atoms with E-state index in [1.54, 1.807) is 11.3 Å². The van der Waals surface area contributed by atoms with E-state index in [2.05, 4.69) is 39.6 Å². The monoisotopic (exact) mass is 352 g/mol. The zero-order chi connectivity index (χ0) is 14.5. The Hall–Kier alpha value is -1.17. The van der Waals surface area contributed by atoms with Crippen molar-refractivity contribution in [3.05, 3.63) is 50.6 Å². The second-order valence-electron chi connectivity index (χ2n) is 4.63. The average molecular weight is 353 g/mol. The van der Waals surface area contributed by atoms with Gasteiger partial charge in [0, 0.05) is 21.1 Å². The first-order valence-corrected chi connectivity index (χ1v) is 8.06. The molecule has 1 amide bonds. The number of carbonyl (C=O) groups excluding carboxylic acids is 1. The number of benzene rings is 1. The summed E-state index contributed by atoms with van der Waals surface area (Å²) in [5, 5.41) is 8.15. The van der Waals surface area contributed by atoms with Crippen LogP contribution in [0.5, 0.6) is 0 Å². The quantitative estimate of drug-likeness (QED) is 0.849. The van der Waals surface area contributed by atoms with E-state index < -0.39 is 0 Å². The fraction of sp³-hybridized carbons (Fsp3) is 0.267. The van der Waals surface area contributed by atoms with Gasteiger partial charge in [-0.3, -0.25) is 4.79 Å². The lowest BCUT2D eigenvalue weighted by atomic mass is 10.2.